The molecule has 3 rings (SSSR count). The molecule has 0 amide bonds. The van der Waals surface area contributed by atoms with Gasteiger partial charge in [-0.05, 0) is 65.8 Å². The van der Waals surface area contributed by atoms with Gasteiger partial charge in [0.15, 0.2) is 5.82 Å². The van der Waals surface area contributed by atoms with Crippen molar-refractivity contribution in [1.82, 2.24) is 20.2 Å². The molecule has 5 heteroatoms. The van der Waals surface area contributed by atoms with Crippen molar-refractivity contribution in [3.8, 4) is 11.4 Å². The molecule has 1 saturated carbocycles. The molecule has 2 N–H and O–H groups in total. The van der Waals surface area contributed by atoms with Crippen LogP contribution in [0.5, 0.6) is 0 Å². The van der Waals surface area contributed by atoms with Crippen molar-refractivity contribution in [2.75, 3.05) is 5.73 Å². The maximum atomic E-state index is 5.93. The van der Waals surface area contributed by atoms with Gasteiger partial charge in [0.1, 0.15) is 0 Å². The first-order valence-electron chi connectivity index (χ1n) is 7.26. The Labute approximate surface area is 119 Å². The molecule has 0 saturated heterocycles. The lowest BCUT2D eigenvalue weighted by Gasteiger charge is -2.14. The molecule has 1 aromatic heterocycles. The first-order valence-corrected chi connectivity index (χ1v) is 7.26. The molecule has 0 unspecified atom stereocenters. The van der Waals surface area contributed by atoms with Crippen LogP contribution in [0.2, 0.25) is 0 Å². The fourth-order valence-electron chi connectivity index (χ4n) is 2.97. The summed E-state index contributed by atoms with van der Waals surface area (Å²) in [5.41, 5.74) is 9.23. The third kappa shape index (κ3) is 2.53. The molecular formula is C15H21N5. The van der Waals surface area contributed by atoms with Crippen molar-refractivity contribution >= 4 is 5.69 Å². The van der Waals surface area contributed by atoms with Crippen LogP contribution in [0.1, 0.15) is 38.2 Å². The predicted octanol–water partition coefficient (Wildman–Crippen LogP) is 2.81. The van der Waals surface area contributed by atoms with Gasteiger partial charge in [-0.1, -0.05) is 13.3 Å². The Morgan fingerprint density at radius 2 is 2.10 bits per heavy atom. The summed E-state index contributed by atoms with van der Waals surface area (Å²) < 4.78 is 1.94. The zero-order chi connectivity index (χ0) is 14.2. The van der Waals surface area contributed by atoms with E-state index in [9.17, 15) is 0 Å². The summed E-state index contributed by atoms with van der Waals surface area (Å²) in [5, 5.41) is 12.2. The SMILES string of the molecule is CCCC1(Cn2nnnc2-c2cc(C)cc(N)c2)CC1. The Morgan fingerprint density at radius 3 is 2.75 bits per heavy atom. The highest BCUT2D eigenvalue weighted by Crippen LogP contribution is 2.51. The minimum atomic E-state index is 0.425. The van der Waals surface area contributed by atoms with Crippen molar-refractivity contribution in [2.45, 2.75) is 46.1 Å². The van der Waals surface area contributed by atoms with Crippen molar-refractivity contribution in [3.63, 3.8) is 0 Å². The van der Waals surface area contributed by atoms with Crippen molar-refractivity contribution < 1.29 is 0 Å². The standard InChI is InChI=1S/C15H21N5/c1-3-4-15(5-6-15)10-20-14(17-18-19-20)12-7-11(2)8-13(16)9-12/h7-9H,3-6,10,16H2,1-2H3. The topological polar surface area (TPSA) is 69.6 Å². The number of hydrogen-bond acceptors (Lipinski definition) is 4. The van der Waals surface area contributed by atoms with E-state index in [0.29, 0.717) is 5.41 Å². The van der Waals surface area contributed by atoms with Gasteiger partial charge in [0.25, 0.3) is 0 Å². The zero-order valence-corrected chi connectivity index (χ0v) is 12.1. The summed E-state index contributed by atoms with van der Waals surface area (Å²) in [6.07, 6.45) is 5.04. The number of benzene rings is 1. The second-order valence-corrected chi connectivity index (χ2v) is 6.04. The van der Waals surface area contributed by atoms with Gasteiger partial charge in [-0.3, -0.25) is 0 Å². The second-order valence-electron chi connectivity index (χ2n) is 6.04. The molecule has 1 aliphatic carbocycles. The molecule has 0 aliphatic heterocycles. The third-order valence-corrected chi connectivity index (χ3v) is 4.11. The number of rotatable bonds is 5. The lowest BCUT2D eigenvalue weighted by molar-refractivity contribution is 0.365. The average Bonchev–Trinajstić information content (AvgIpc) is 2.97. The monoisotopic (exact) mass is 271 g/mol. The summed E-state index contributed by atoms with van der Waals surface area (Å²) in [5.74, 6) is 0.822. The summed E-state index contributed by atoms with van der Waals surface area (Å²) in [6, 6.07) is 5.98. The summed E-state index contributed by atoms with van der Waals surface area (Å²) in [6.45, 7) is 5.19. The van der Waals surface area contributed by atoms with Gasteiger partial charge in [-0.25, -0.2) is 4.68 Å². The van der Waals surface area contributed by atoms with E-state index in [4.69, 9.17) is 5.73 Å². The van der Waals surface area contributed by atoms with Gasteiger partial charge in [0, 0.05) is 11.3 Å². The number of anilines is 1. The molecular weight excluding hydrogens is 250 g/mol. The van der Waals surface area contributed by atoms with Gasteiger partial charge >= 0.3 is 0 Å². The van der Waals surface area contributed by atoms with Crippen LogP contribution in [0.15, 0.2) is 18.2 Å². The van der Waals surface area contributed by atoms with E-state index in [-0.39, 0.29) is 0 Å². The molecule has 0 radical (unpaired) electrons. The number of nitrogens with two attached hydrogens (primary N) is 1. The smallest absolute Gasteiger partial charge is 0.182 e. The molecule has 1 aliphatic rings. The summed E-state index contributed by atoms with van der Waals surface area (Å²) in [7, 11) is 0. The van der Waals surface area contributed by atoms with Gasteiger partial charge in [0.05, 0.1) is 6.54 Å². The normalized spacial score (nSPS) is 16.3. The van der Waals surface area contributed by atoms with Crippen LogP contribution in [-0.4, -0.2) is 20.2 Å². The Bertz CT molecular complexity index is 592. The lowest BCUT2D eigenvalue weighted by atomic mass is 10.0. The van der Waals surface area contributed by atoms with E-state index in [0.717, 1.165) is 29.2 Å². The number of aryl methyl sites for hydroxylation is 1. The predicted molar refractivity (Wildman–Crippen MR) is 79.0 cm³/mol. The molecule has 0 bridgehead atoms. The van der Waals surface area contributed by atoms with Gasteiger partial charge in [0.2, 0.25) is 0 Å². The first-order chi connectivity index (χ1) is 9.62. The lowest BCUT2D eigenvalue weighted by Crippen LogP contribution is -2.14. The number of tetrazole rings is 1. The van der Waals surface area contributed by atoms with Gasteiger partial charge in [-0.2, -0.15) is 0 Å². The highest BCUT2D eigenvalue weighted by atomic mass is 15.5. The van der Waals surface area contributed by atoms with E-state index >= 15 is 0 Å². The summed E-state index contributed by atoms with van der Waals surface area (Å²) >= 11 is 0. The molecule has 106 valence electrons. The van der Waals surface area contributed by atoms with Crippen LogP contribution in [0, 0.1) is 12.3 Å². The van der Waals surface area contributed by atoms with E-state index in [2.05, 4.69) is 28.5 Å². The minimum absolute atomic E-state index is 0.425. The third-order valence-electron chi connectivity index (χ3n) is 4.11. The first kappa shape index (κ1) is 13.1. The Morgan fingerprint density at radius 1 is 1.30 bits per heavy atom. The van der Waals surface area contributed by atoms with Crippen molar-refractivity contribution in [1.29, 1.82) is 0 Å². The fraction of sp³-hybridized carbons (Fsp3) is 0.533. The fourth-order valence-corrected chi connectivity index (χ4v) is 2.97. The number of aromatic nitrogens is 4. The van der Waals surface area contributed by atoms with E-state index in [1.54, 1.807) is 0 Å². The Balaban J connectivity index is 1.90. The molecule has 0 atom stereocenters. The van der Waals surface area contributed by atoms with E-state index in [1.165, 1.54) is 25.7 Å². The van der Waals surface area contributed by atoms with Crippen molar-refractivity contribution in [3.05, 3.63) is 23.8 Å². The molecule has 1 fully saturated rings. The van der Waals surface area contributed by atoms with Crippen LogP contribution in [0.3, 0.4) is 0 Å². The van der Waals surface area contributed by atoms with Crippen molar-refractivity contribution in [2.24, 2.45) is 5.41 Å². The van der Waals surface area contributed by atoms with Crippen LogP contribution < -0.4 is 5.73 Å². The molecule has 0 spiro atoms. The van der Waals surface area contributed by atoms with E-state index < -0.39 is 0 Å². The van der Waals surface area contributed by atoms with Crippen LogP contribution in [0.4, 0.5) is 5.69 Å². The van der Waals surface area contributed by atoms with Crippen LogP contribution >= 0.6 is 0 Å². The molecule has 2 aromatic rings. The van der Waals surface area contributed by atoms with Gasteiger partial charge in [-0.15, -0.1) is 5.10 Å². The summed E-state index contributed by atoms with van der Waals surface area (Å²) in [4.78, 5) is 0. The number of nitrogens with zero attached hydrogens (tertiary/aromatic N) is 4. The Kier molecular flexibility index (Phi) is 3.20. The van der Waals surface area contributed by atoms with E-state index in [1.807, 2.05) is 23.7 Å². The second kappa shape index (κ2) is 4.89. The zero-order valence-electron chi connectivity index (χ0n) is 12.1. The highest BCUT2D eigenvalue weighted by Gasteiger charge is 2.42. The molecule has 20 heavy (non-hydrogen) atoms. The van der Waals surface area contributed by atoms with Crippen LogP contribution in [0.25, 0.3) is 11.4 Å². The quantitative estimate of drug-likeness (QED) is 0.849. The molecule has 1 heterocycles. The number of hydrogen-bond donors (Lipinski definition) is 1. The number of nitrogen functional groups attached to an aromatic ring is 1. The maximum Gasteiger partial charge on any atom is 0.182 e. The minimum Gasteiger partial charge on any atom is -0.399 e. The highest BCUT2D eigenvalue weighted by molar-refractivity contribution is 5.62. The van der Waals surface area contributed by atoms with Crippen LogP contribution in [-0.2, 0) is 6.54 Å². The Hall–Kier alpha value is -1.91. The maximum absolute atomic E-state index is 5.93. The largest absolute Gasteiger partial charge is 0.399 e. The average molecular weight is 271 g/mol. The van der Waals surface area contributed by atoms with Gasteiger partial charge < -0.3 is 5.73 Å². The molecule has 5 nitrogen and oxygen atoms in total. The molecule has 1 aromatic carbocycles.